The molecule has 2 aromatic rings. The Labute approximate surface area is 179 Å². The van der Waals surface area contributed by atoms with E-state index in [4.69, 9.17) is 4.74 Å². The van der Waals surface area contributed by atoms with Crippen molar-refractivity contribution in [1.82, 2.24) is 10.2 Å². The zero-order chi connectivity index (χ0) is 20.5. The van der Waals surface area contributed by atoms with Crippen LogP contribution in [0.3, 0.4) is 0 Å². The van der Waals surface area contributed by atoms with E-state index >= 15 is 0 Å². The molecule has 1 unspecified atom stereocenters. The van der Waals surface area contributed by atoms with Crippen LogP contribution in [0.15, 0.2) is 35.7 Å². The average Bonchev–Trinajstić information content (AvgIpc) is 3.22. The molecule has 1 saturated heterocycles. The van der Waals surface area contributed by atoms with Crippen molar-refractivity contribution < 1.29 is 9.53 Å². The molecule has 1 aliphatic heterocycles. The van der Waals surface area contributed by atoms with Crippen molar-refractivity contribution in [2.75, 3.05) is 26.2 Å². The van der Waals surface area contributed by atoms with E-state index in [2.05, 4.69) is 59.8 Å². The Morgan fingerprint density at radius 3 is 3.00 bits per heavy atom. The largest absolute Gasteiger partial charge is 0.493 e. The van der Waals surface area contributed by atoms with Crippen molar-refractivity contribution in [2.24, 2.45) is 5.92 Å². The van der Waals surface area contributed by atoms with Gasteiger partial charge in [0.25, 0.3) is 0 Å². The third-order valence-corrected chi connectivity index (χ3v) is 6.41. The zero-order valence-corrected chi connectivity index (χ0v) is 18.6. The summed E-state index contributed by atoms with van der Waals surface area (Å²) in [5, 5.41) is 5.30. The molecule has 2 heterocycles. The van der Waals surface area contributed by atoms with Gasteiger partial charge in [0.15, 0.2) is 0 Å². The van der Waals surface area contributed by atoms with Crippen LogP contribution in [0.2, 0.25) is 0 Å². The van der Waals surface area contributed by atoms with Crippen LogP contribution < -0.4 is 10.1 Å². The Morgan fingerprint density at radius 2 is 2.17 bits per heavy atom. The van der Waals surface area contributed by atoms with Gasteiger partial charge in [-0.1, -0.05) is 18.2 Å². The lowest BCUT2D eigenvalue weighted by molar-refractivity contribution is -0.121. The lowest BCUT2D eigenvalue weighted by Crippen LogP contribution is -2.40. The number of ether oxygens (including phenoxy) is 1. The summed E-state index contributed by atoms with van der Waals surface area (Å²) < 4.78 is 5.87. The molecule has 1 aromatic heterocycles. The molecule has 1 amide bonds. The first-order valence-electron chi connectivity index (χ1n) is 10.8. The molecule has 5 heteroatoms. The topological polar surface area (TPSA) is 41.6 Å². The van der Waals surface area contributed by atoms with Gasteiger partial charge in [-0.05, 0) is 80.6 Å². The van der Waals surface area contributed by atoms with Crippen molar-refractivity contribution in [3.8, 4) is 5.75 Å². The summed E-state index contributed by atoms with van der Waals surface area (Å²) in [6.07, 6.45) is 4.79. The van der Waals surface area contributed by atoms with E-state index in [0.29, 0.717) is 18.9 Å². The second-order valence-corrected chi connectivity index (χ2v) is 9.23. The van der Waals surface area contributed by atoms with Gasteiger partial charge in [-0.2, -0.15) is 0 Å². The van der Waals surface area contributed by atoms with Crippen LogP contribution in [0, 0.1) is 19.8 Å². The Balaban J connectivity index is 1.27. The Hall–Kier alpha value is -1.85. The van der Waals surface area contributed by atoms with Crippen molar-refractivity contribution in [2.45, 2.75) is 52.5 Å². The summed E-state index contributed by atoms with van der Waals surface area (Å²) in [6, 6.07) is 10.6. The van der Waals surface area contributed by atoms with Crippen LogP contribution in [0.25, 0.3) is 0 Å². The summed E-state index contributed by atoms with van der Waals surface area (Å²) in [6.45, 7) is 8.91. The van der Waals surface area contributed by atoms with Crippen molar-refractivity contribution in [1.29, 1.82) is 0 Å². The quantitative estimate of drug-likeness (QED) is 0.560. The molecule has 1 aromatic carbocycles. The normalized spacial score (nSPS) is 17.2. The van der Waals surface area contributed by atoms with E-state index < -0.39 is 0 Å². The Kier molecular flexibility index (Phi) is 8.56. The Bertz CT molecular complexity index is 760. The third-order valence-electron chi connectivity index (χ3n) is 5.55. The summed E-state index contributed by atoms with van der Waals surface area (Å²) in [5.74, 6) is 1.70. The molecule has 1 N–H and O–H groups in total. The molecule has 0 aliphatic carbocycles. The predicted molar refractivity (Wildman–Crippen MR) is 121 cm³/mol. The van der Waals surface area contributed by atoms with Gasteiger partial charge in [-0.3, -0.25) is 9.69 Å². The first-order valence-corrected chi connectivity index (χ1v) is 11.7. The van der Waals surface area contributed by atoms with E-state index in [9.17, 15) is 4.79 Å². The molecule has 158 valence electrons. The number of nitrogens with one attached hydrogen (secondary N) is 1. The van der Waals surface area contributed by atoms with Crippen molar-refractivity contribution in [3.63, 3.8) is 0 Å². The average molecular weight is 415 g/mol. The van der Waals surface area contributed by atoms with E-state index in [1.165, 1.54) is 29.8 Å². The van der Waals surface area contributed by atoms with Crippen LogP contribution in [0.5, 0.6) is 5.75 Å². The number of hydrogen-bond donors (Lipinski definition) is 1. The van der Waals surface area contributed by atoms with E-state index in [0.717, 1.165) is 43.8 Å². The van der Waals surface area contributed by atoms with Gasteiger partial charge in [0, 0.05) is 30.9 Å². The number of carbonyl (C=O) groups excluding carboxylic acids is 1. The maximum Gasteiger partial charge on any atom is 0.220 e. The van der Waals surface area contributed by atoms with E-state index in [1.807, 2.05) is 11.3 Å². The molecule has 1 atom stereocenters. The maximum absolute atomic E-state index is 12.2. The molecule has 0 saturated carbocycles. The standard InChI is InChI=1S/C24H34N2O2S/c1-19-10-11-20(2)23(15-19)28-13-4-3-9-24(27)25-16-21-7-5-12-26(17-21)18-22-8-6-14-29-22/h6,8,10-11,14-15,21H,3-5,7,9,12-13,16-18H2,1-2H3,(H,25,27). The predicted octanol–water partition coefficient (Wildman–Crippen LogP) is 4.94. The molecular formula is C24H34N2O2S. The lowest BCUT2D eigenvalue weighted by Gasteiger charge is -2.32. The van der Waals surface area contributed by atoms with E-state index in [1.54, 1.807) is 0 Å². The minimum Gasteiger partial charge on any atom is -0.493 e. The highest BCUT2D eigenvalue weighted by molar-refractivity contribution is 7.09. The second kappa shape index (κ2) is 11.4. The monoisotopic (exact) mass is 414 g/mol. The first kappa shape index (κ1) is 21.8. The van der Waals surface area contributed by atoms with Gasteiger partial charge in [0.05, 0.1) is 6.61 Å². The van der Waals surface area contributed by atoms with Crippen molar-refractivity contribution in [3.05, 3.63) is 51.7 Å². The van der Waals surface area contributed by atoms with Crippen LogP contribution in [-0.2, 0) is 11.3 Å². The fourth-order valence-corrected chi connectivity index (χ4v) is 4.61. The van der Waals surface area contributed by atoms with Crippen LogP contribution >= 0.6 is 11.3 Å². The Morgan fingerprint density at radius 1 is 1.28 bits per heavy atom. The van der Waals surface area contributed by atoms with Crippen LogP contribution in [0.1, 0.15) is 48.1 Å². The number of benzene rings is 1. The van der Waals surface area contributed by atoms with Crippen LogP contribution in [-0.4, -0.2) is 37.0 Å². The van der Waals surface area contributed by atoms with Gasteiger partial charge >= 0.3 is 0 Å². The maximum atomic E-state index is 12.2. The third kappa shape index (κ3) is 7.48. The van der Waals surface area contributed by atoms with Gasteiger partial charge in [-0.25, -0.2) is 0 Å². The number of thiophene rings is 1. The smallest absolute Gasteiger partial charge is 0.220 e. The molecule has 1 fully saturated rings. The summed E-state index contributed by atoms with van der Waals surface area (Å²) >= 11 is 1.83. The fourth-order valence-electron chi connectivity index (χ4n) is 3.86. The van der Waals surface area contributed by atoms with Gasteiger partial charge in [0.1, 0.15) is 5.75 Å². The number of likely N-dealkylation sites (tertiary alicyclic amines) is 1. The summed E-state index contributed by atoms with van der Waals surface area (Å²) in [4.78, 5) is 16.1. The molecule has 0 bridgehead atoms. The number of nitrogens with zero attached hydrogens (tertiary/aromatic N) is 1. The molecule has 4 nitrogen and oxygen atoms in total. The van der Waals surface area contributed by atoms with Gasteiger partial charge in [-0.15, -0.1) is 11.3 Å². The number of hydrogen-bond acceptors (Lipinski definition) is 4. The second-order valence-electron chi connectivity index (χ2n) is 8.20. The highest BCUT2D eigenvalue weighted by Crippen LogP contribution is 2.21. The molecular weight excluding hydrogens is 380 g/mol. The van der Waals surface area contributed by atoms with E-state index in [-0.39, 0.29) is 5.91 Å². The highest BCUT2D eigenvalue weighted by atomic mass is 32.1. The molecule has 1 aliphatic rings. The summed E-state index contributed by atoms with van der Waals surface area (Å²) in [5.41, 5.74) is 2.37. The summed E-state index contributed by atoms with van der Waals surface area (Å²) in [7, 11) is 0. The molecule has 29 heavy (non-hydrogen) atoms. The molecule has 3 rings (SSSR count). The number of piperidine rings is 1. The highest BCUT2D eigenvalue weighted by Gasteiger charge is 2.20. The minimum atomic E-state index is 0.173. The van der Waals surface area contributed by atoms with Crippen molar-refractivity contribution >= 4 is 17.2 Å². The number of carbonyl (C=O) groups is 1. The fraction of sp³-hybridized carbons (Fsp3) is 0.542. The SMILES string of the molecule is Cc1ccc(C)c(OCCCCC(=O)NCC2CCCN(Cc3cccs3)C2)c1. The molecule has 0 spiro atoms. The molecule has 0 radical (unpaired) electrons. The number of unbranched alkanes of at least 4 members (excludes halogenated alkanes) is 1. The van der Waals surface area contributed by atoms with Gasteiger partial charge < -0.3 is 10.1 Å². The number of amides is 1. The number of rotatable bonds is 10. The number of aryl methyl sites for hydroxylation is 2. The van der Waals surface area contributed by atoms with Gasteiger partial charge in [0.2, 0.25) is 5.91 Å². The lowest BCUT2D eigenvalue weighted by atomic mass is 9.98. The zero-order valence-electron chi connectivity index (χ0n) is 17.8. The minimum absolute atomic E-state index is 0.173. The van der Waals surface area contributed by atoms with Crippen LogP contribution in [0.4, 0.5) is 0 Å². The first-order chi connectivity index (χ1) is 14.1.